The van der Waals surface area contributed by atoms with E-state index in [9.17, 15) is 0 Å². The highest BCUT2D eigenvalue weighted by atomic mass is 32.1. The van der Waals surface area contributed by atoms with Crippen molar-refractivity contribution in [3.05, 3.63) is 51.7 Å². The lowest BCUT2D eigenvalue weighted by Gasteiger charge is -2.23. The average molecular weight is 372 g/mol. The third-order valence-electron chi connectivity index (χ3n) is 4.73. The molecule has 0 amide bonds. The van der Waals surface area contributed by atoms with E-state index in [2.05, 4.69) is 38.9 Å². The first-order valence-electron chi connectivity index (χ1n) is 8.63. The summed E-state index contributed by atoms with van der Waals surface area (Å²) in [5.41, 5.74) is 1.05. The summed E-state index contributed by atoms with van der Waals surface area (Å²) in [7, 11) is 0. The zero-order chi connectivity index (χ0) is 17.2. The molecule has 3 aromatic heterocycles. The zero-order valence-corrected chi connectivity index (χ0v) is 15.8. The smallest absolute Gasteiger partial charge is 0.199 e. The SMILES string of the molecule is CCn1c(-c2ccncc2)nn(CN2CCC[C@H]2c2cccs2)c1=S. The molecule has 0 aliphatic carbocycles. The van der Waals surface area contributed by atoms with Gasteiger partial charge in [0.15, 0.2) is 10.6 Å². The molecule has 4 heterocycles. The van der Waals surface area contributed by atoms with Gasteiger partial charge >= 0.3 is 0 Å². The maximum absolute atomic E-state index is 5.71. The van der Waals surface area contributed by atoms with Crippen molar-refractivity contribution >= 4 is 23.6 Å². The predicted octanol–water partition coefficient (Wildman–Crippen LogP) is 4.35. The molecular weight excluding hydrogens is 350 g/mol. The third-order valence-corrected chi connectivity index (χ3v) is 6.13. The molecule has 0 N–H and O–H groups in total. The van der Waals surface area contributed by atoms with E-state index in [1.54, 1.807) is 12.4 Å². The minimum atomic E-state index is 0.484. The van der Waals surface area contributed by atoms with E-state index in [1.165, 1.54) is 17.7 Å². The maximum atomic E-state index is 5.71. The fourth-order valence-electron chi connectivity index (χ4n) is 3.50. The van der Waals surface area contributed by atoms with E-state index in [0.717, 1.165) is 35.9 Å². The first kappa shape index (κ1) is 16.6. The fourth-order valence-corrected chi connectivity index (χ4v) is 4.71. The molecule has 130 valence electrons. The van der Waals surface area contributed by atoms with Crippen LogP contribution in [0.3, 0.4) is 0 Å². The summed E-state index contributed by atoms with van der Waals surface area (Å²) in [6, 6.07) is 8.82. The third kappa shape index (κ3) is 3.19. The molecule has 0 unspecified atom stereocenters. The maximum Gasteiger partial charge on any atom is 0.199 e. The number of likely N-dealkylation sites (tertiary alicyclic amines) is 1. The molecule has 25 heavy (non-hydrogen) atoms. The minimum absolute atomic E-state index is 0.484. The van der Waals surface area contributed by atoms with Gasteiger partial charge in [0.1, 0.15) is 0 Å². The topological polar surface area (TPSA) is 38.9 Å². The average Bonchev–Trinajstić information content (AvgIpc) is 3.37. The molecule has 7 heteroatoms. The Morgan fingerprint density at radius 3 is 2.84 bits per heavy atom. The zero-order valence-electron chi connectivity index (χ0n) is 14.2. The highest BCUT2D eigenvalue weighted by Crippen LogP contribution is 2.34. The summed E-state index contributed by atoms with van der Waals surface area (Å²) in [6.07, 6.45) is 6.02. The normalized spacial score (nSPS) is 18.0. The van der Waals surface area contributed by atoms with Crippen LogP contribution in [0.25, 0.3) is 11.4 Å². The summed E-state index contributed by atoms with van der Waals surface area (Å²) >= 11 is 7.55. The molecule has 1 atom stereocenters. The molecule has 4 rings (SSSR count). The van der Waals surface area contributed by atoms with Crippen molar-refractivity contribution in [3.63, 3.8) is 0 Å². The summed E-state index contributed by atoms with van der Waals surface area (Å²) in [6.45, 7) is 4.75. The molecule has 1 aliphatic heterocycles. The Bertz CT molecular complexity index is 882. The molecule has 1 aliphatic rings. The lowest BCUT2D eigenvalue weighted by atomic mass is 10.2. The van der Waals surface area contributed by atoms with E-state index < -0.39 is 0 Å². The quantitative estimate of drug-likeness (QED) is 0.625. The van der Waals surface area contributed by atoms with Gasteiger partial charge in [0.05, 0.1) is 6.67 Å². The highest BCUT2D eigenvalue weighted by Gasteiger charge is 2.27. The molecule has 0 aromatic carbocycles. The van der Waals surface area contributed by atoms with Gasteiger partial charge in [-0.05, 0) is 55.6 Å². The van der Waals surface area contributed by atoms with Crippen molar-refractivity contribution in [1.29, 1.82) is 0 Å². The van der Waals surface area contributed by atoms with Crippen molar-refractivity contribution in [3.8, 4) is 11.4 Å². The molecule has 0 radical (unpaired) electrons. The first-order valence-corrected chi connectivity index (χ1v) is 9.92. The van der Waals surface area contributed by atoms with Crippen LogP contribution in [0, 0.1) is 4.77 Å². The fraction of sp³-hybridized carbons (Fsp3) is 0.389. The minimum Gasteiger partial charge on any atom is -0.300 e. The molecule has 0 saturated carbocycles. The number of hydrogen-bond donors (Lipinski definition) is 0. The van der Waals surface area contributed by atoms with Crippen molar-refractivity contribution in [1.82, 2.24) is 24.2 Å². The standard InChI is InChI=1S/C18H21N5S2/c1-2-22-17(14-7-9-19-10-8-14)20-23(18(22)24)13-21-11-3-5-15(21)16-6-4-12-25-16/h4,6-10,12,15H,2-3,5,11,13H2,1H3/t15-/m0/s1. The second kappa shape index (κ2) is 7.19. The number of thiophene rings is 1. The van der Waals surface area contributed by atoms with Crippen LogP contribution in [-0.4, -0.2) is 30.8 Å². The van der Waals surface area contributed by atoms with Crippen LogP contribution >= 0.6 is 23.6 Å². The van der Waals surface area contributed by atoms with Crippen LogP contribution in [0.2, 0.25) is 0 Å². The van der Waals surface area contributed by atoms with E-state index in [0.29, 0.717) is 6.04 Å². The van der Waals surface area contributed by atoms with Crippen LogP contribution < -0.4 is 0 Å². The van der Waals surface area contributed by atoms with Gasteiger partial charge in [-0.25, -0.2) is 4.68 Å². The van der Waals surface area contributed by atoms with Crippen LogP contribution in [0.5, 0.6) is 0 Å². The molecule has 1 saturated heterocycles. The lowest BCUT2D eigenvalue weighted by Crippen LogP contribution is -2.26. The Labute approximate surface area is 156 Å². The molecule has 5 nitrogen and oxygen atoms in total. The number of rotatable bonds is 5. The van der Waals surface area contributed by atoms with E-state index in [-0.39, 0.29) is 0 Å². The first-order chi connectivity index (χ1) is 12.3. The largest absolute Gasteiger partial charge is 0.300 e. The van der Waals surface area contributed by atoms with Crippen LogP contribution in [-0.2, 0) is 13.2 Å². The van der Waals surface area contributed by atoms with Crippen molar-refractivity contribution < 1.29 is 0 Å². The van der Waals surface area contributed by atoms with Gasteiger partial charge in [-0.3, -0.25) is 9.88 Å². The number of aromatic nitrogens is 4. The van der Waals surface area contributed by atoms with Crippen LogP contribution in [0.15, 0.2) is 42.0 Å². The van der Waals surface area contributed by atoms with Crippen LogP contribution in [0.1, 0.15) is 30.7 Å². The van der Waals surface area contributed by atoms with Crippen molar-refractivity contribution in [2.45, 2.75) is 39.0 Å². The Morgan fingerprint density at radius 1 is 1.28 bits per heavy atom. The van der Waals surface area contributed by atoms with Crippen molar-refractivity contribution in [2.75, 3.05) is 6.54 Å². The van der Waals surface area contributed by atoms with Gasteiger partial charge < -0.3 is 4.57 Å². The summed E-state index contributed by atoms with van der Waals surface area (Å²) < 4.78 is 4.85. The van der Waals surface area contributed by atoms with E-state index >= 15 is 0 Å². The second-order valence-electron chi connectivity index (χ2n) is 6.21. The number of hydrogen-bond acceptors (Lipinski definition) is 5. The van der Waals surface area contributed by atoms with Gasteiger partial charge in [-0.15, -0.1) is 11.3 Å². The Balaban J connectivity index is 1.65. The van der Waals surface area contributed by atoms with Gasteiger partial charge in [0.2, 0.25) is 0 Å². The van der Waals surface area contributed by atoms with Crippen molar-refractivity contribution in [2.24, 2.45) is 0 Å². The van der Waals surface area contributed by atoms with Gasteiger partial charge in [0, 0.05) is 42.0 Å². The van der Waals surface area contributed by atoms with Crippen LogP contribution in [0.4, 0.5) is 0 Å². The molecule has 3 aromatic rings. The Morgan fingerprint density at radius 2 is 2.12 bits per heavy atom. The second-order valence-corrected chi connectivity index (χ2v) is 7.56. The summed E-state index contributed by atoms with van der Waals surface area (Å²) in [5, 5.41) is 7.00. The van der Waals surface area contributed by atoms with Gasteiger partial charge in [-0.1, -0.05) is 6.07 Å². The Kier molecular flexibility index (Phi) is 4.78. The number of pyridine rings is 1. The summed E-state index contributed by atoms with van der Waals surface area (Å²) in [5.74, 6) is 0.918. The predicted molar refractivity (Wildman–Crippen MR) is 103 cm³/mol. The summed E-state index contributed by atoms with van der Waals surface area (Å²) in [4.78, 5) is 8.03. The van der Waals surface area contributed by atoms with Gasteiger partial charge in [0.25, 0.3) is 0 Å². The van der Waals surface area contributed by atoms with Gasteiger partial charge in [-0.2, -0.15) is 5.10 Å². The molecule has 0 spiro atoms. The number of nitrogens with zero attached hydrogens (tertiary/aromatic N) is 5. The monoisotopic (exact) mass is 371 g/mol. The molecule has 1 fully saturated rings. The molecular formula is C18H21N5S2. The van der Waals surface area contributed by atoms with E-state index in [1.807, 2.05) is 28.2 Å². The lowest BCUT2D eigenvalue weighted by molar-refractivity contribution is 0.192. The Hall–Kier alpha value is -1.83. The highest BCUT2D eigenvalue weighted by molar-refractivity contribution is 7.71. The van der Waals surface area contributed by atoms with E-state index in [4.69, 9.17) is 17.3 Å². The molecule has 0 bridgehead atoms.